The molecule has 3 heterocycles. The molecule has 2 aromatic heterocycles. The number of hydrogen-bond acceptors (Lipinski definition) is 7. The molecule has 0 unspecified atom stereocenters. The minimum atomic E-state index is 0.118. The Kier molecular flexibility index (Phi) is 4.57. The molecule has 0 amide bonds. The molecule has 1 aromatic carbocycles. The van der Waals surface area contributed by atoms with E-state index >= 15 is 0 Å². The third kappa shape index (κ3) is 3.54. The van der Waals surface area contributed by atoms with Crippen molar-refractivity contribution in [3.05, 3.63) is 41.7 Å². The number of aromatic nitrogens is 4. The molecule has 3 aromatic rings. The normalized spacial score (nSPS) is 20.3. The van der Waals surface area contributed by atoms with Gasteiger partial charge < -0.3 is 15.0 Å². The Labute approximate surface area is 156 Å². The number of hydrogen-bond donors (Lipinski definition) is 1. The largest absolute Gasteiger partial charge is 0.372 e. The summed E-state index contributed by atoms with van der Waals surface area (Å²) >= 11 is 5.97. The number of fused-ring (bicyclic) bond motifs is 1. The number of nitrogens with one attached hydrogen (secondary N) is 1. The summed E-state index contributed by atoms with van der Waals surface area (Å²) in [6.45, 7) is 5.57. The van der Waals surface area contributed by atoms with Crippen LogP contribution < -0.4 is 10.2 Å². The first-order valence-corrected chi connectivity index (χ1v) is 8.88. The minimum absolute atomic E-state index is 0.118. The average Bonchev–Trinajstić information content (AvgIpc) is 2.63. The third-order valence-electron chi connectivity index (χ3n) is 4.13. The lowest BCUT2D eigenvalue weighted by atomic mass is 10.2. The summed E-state index contributed by atoms with van der Waals surface area (Å²) in [6.07, 6.45) is 3.51. The molecule has 1 N–H and O–H groups in total. The first kappa shape index (κ1) is 16.9. The maximum Gasteiger partial charge on any atom is 0.229 e. The molecule has 1 saturated heterocycles. The zero-order valence-electron chi connectivity index (χ0n) is 14.6. The molecule has 1 fully saturated rings. The quantitative estimate of drug-likeness (QED) is 0.756. The maximum absolute atomic E-state index is 5.97. The molecular formula is C18H19ClN6O. The number of anilines is 3. The predicted octanol–water partition coefficient (Wildman–Crippen LogP) is 3.43. The highest BCUT2D eigenvalue weighted by Crippen LogP contribution is 2.26. The lowest BCUT2D eigenvalue weighted by Gasteiger charge is -2.35. The molecule has 0 spiro atoms. The van der Waals surface area contributed by atoms with Gasteiger partial charge in [0, 0.05) is 36.2 Å². The molecule has 1 aliphatic heterocycles. The van der Waals surface area contributed by atoms with E-state index in [1.165, 1.54) is 0 Å². The van der Waals surface area contributed by atoms with Gasteiger partial charge in [-0.05, 0) is 38.1 Å². The second-order valence-electron chi connectivity index (χ2n) is 6.39. The number of rotatable bonds is 3. The van der Waals surface area contributed by atoms with Gasteiger partial charge in [-0.1, -0.05) is 11.6 Å². The van der Waals surface area contributed by atoms with Crippen LogP contribution in [0.2, 0.25) is 5.02 Å². The van der Waals surface area contributed by atoms with Gasteiger partial charge in [-0.3, -0.25) is 0 Å². The van der Waals surface area contributed by atoms with Gasteiger partial charge in [0.05, 0.1) is 12.2 Å². The summed E-state index contributed by atoms with van der Waals surface area (Å²) in [5, 5.41) is 3.99. The first-order chi connectivity index (χ1) is 12.6. The van der Waals surface area contributed by atoms with Gasteiger partial charge in [0.1, 0.15) is 0 Å². The molecule has 8 heteroatoms. The van der Waals surface area contributed by atoms with Crippen molar-refractivity contribution in [1.29, 1.82) is 0 Å². The van der Waals surface area contributed by atoms with Crippen LogP contribution in [0.25, 0.3) is 11.2 Å². The van der Waals surface area contributed by atoms with Gasteiger partial charge in [-0.15, -0.1) is 0 Å². The fourth-order valence-electron chi connectivity index (χ4n) is 3.09. The van der Waals surface area contributed by atoms with Crippen LogP contribution in [0, 0.1) is 0 Å². The summed E-state index contributed by atoms with van der Waals surface area (Å²) in [4.78, 5) is 20.2. The molecule has 134 valence electrons. The highest BCUT2D eigenvalue weighted by atomic mass is 35.5. The van der Waals surface area contributed by atoms with Crippen LogP contribution in [0.5, 0.6) is 0 Å². The number of nitrogens with zero attached hydrogens (tertiary/aromatic N) is 5. The van der Waals surface area contributed by atoms with Crippen LogP contribution in [0.1, 0.15) is 13.8 Å². The summed E-state index contributed by atoms with van der Waals surface area (Å²) in [6, 6.07) is 7.44. The van der Waals surface area contributed by atoms with Crippen molar-refractivity contribution in [2.24, 2.45) is 0 Å². The third-order valence-corrected chi connectivity index (χ3v) is 4.38. The lowest BCUT2D eigenvalue weighted by molar-refractivity contribution is -0.00569. The second kappa shape index (κ2) is 7.01. The van der Waals surface area contributed by atoms with E-state index in [2.05, 4.69) is 39.0 Å². The van der Waals surface area contributed by atoms with Crippen LogP contribution >= 0.6 is 11.6 Å². The lowest BCUT2D eigenvalue weighted by Crippen LogP contribution is -2.46. The molecule has 4 rings (SSSR count). The van der Waals surface area contributed by atoms with E-state index in [0.29, 0.717) is 28.0 Å². The Hall–Kier alpha value is -2.51. The van der Waals surface area contributed by atoms with Gasteiger partial charge in [-0.2, -0.15) is 9.97 Å². The molecule has 0 saturated carbocycles. The molecule has 0 radical (unpaired) electrons. The van der Waals surface area contributed by atoms with Crippen molar-refractivity contribution in [2.45, 2.75) is 26.1 Å². The number of morpholine rings is 1. The van der Waals surface area contributed by atoms with Crippen molar-refractivity contribution in [3.8, 4) is 0 Å². The zero-order chi connectivity index (χ0) is 18.1. The Morgan fingerprint density at radius 3 is 2.46 bits per heavy atom. The van der Waals surface area contributed by atoms with Crippen molar-refractivity contribution in [1.82, 2.24) is 19.9 Å². The fraction of sp³-hybridized carbons (Fsp3) is 0.333. The summed E-state index contributed by atoms with van der Waals surface area (Å²) in [5.41, 5.74) is 2.05. The van der Waals surface area contributed by atoms with Crippen LogP contribution in [0.4, 0.5) is 17.5 Å². The smallest absolute Gasteiger partial charge is 0.229 e. The summed E-state index contributed by atoms with van der Waals surface area (Å²) in [7, 11) is 0. The van der Waals surface area contributed by atoms with E-state index in [4.69, 9.17) is 21.3 Å². The Morgan fingerprint density at radius 1 is 1.04 bits per heavy atom. The van der Waals surface area contributed by atoms with E-state index in [0.717, 1.165) is 18.8 Å². The molecular weight excluding hydrogens is 352 g/mol. The van der Waals surface area contributed by atoms with Crippen LogP contribution in [-0.2, 0) is 4.74 Å². The Balaban J connectivity index is 1.74. The number of ether oxygens (including phenoxy) is 1. The van der Waals surface area contributed by atoms with Gasteiger partial charge in [0.2, 0.25) is 5.95 Å². The van der Waals surface area contributed by atoms with E-state index < -0.39 is 0 Å². The molecule has 2 atom stereocenters. The van der Waals surface area contributed by atoms with Crippen molar-refractivity contribution < 1.29 is 4.74 Å². The Morgan fingerprint density at radius 2 is 1.73 bits per heavy atom. The first-order valence-electron chi connectivity index (χ1n) is 8.50. The van der Waals surface area contributed by atoms with Crippen molar-refractivity contribution in [2.75, 3.05) is 23.3 Å². The van der Waals surface area contributed by atoms with Gasteiger partial charge in [0.15, 0.2) is 17.0 Å². The van der Waals surface area contributed by atoms with Crippen LogP contribution in [0.3, 0.4) is 0 Å². The van der Waals surface area contributed by atoms with Crippen molar-refractivity contribution >= 4 is 40.2 Å². The molecule has 0 bridgehead atoms. The standard InChI is InChI=1S/C18H19ClN6O/c1-11-9-25(10-12(2)26-11)18-23-16-15(20-7-8-21-16)17(24-18)22-14-5-3-13(19)4-6-14/h3-8,11-12H,9-10H2,1-2H3,(H,21,22,23,24)/t11-,12+. The minimum Gasteiger partial charge on any atom is -0.372 e. The van der Waals surface area contributed by atoms with E-state index in [1.807, 2.05) is 24.3 Å². The predicted molar refractivity (Wildman–Crippen MR) is 102 cm³/mol. The van der Waals surface area contributed by atoms with E-state index in [1.54, 1.807) is 12.4 Å². The van der Waals surface area contributed by atoms with Crippen LogP contribution in [-0.4, -0.2) is 45.2 Å². The highest BCUT2D eigenvalue weighted by Gasteiger charge is 2.25. The summed E-state index contributed by atoms with van der Waals surface area (Å²) < 4.78 is 5.81. The second-order valence-corrected chi connectivity index (χ2v) is 6.83. The van der Waals surface area contributed by atoms with Gasteiger partial charge in [0.25, 0.3) is 0 Å². The number of benzene rings is 1. The molecule has 1 aliphatic rings. The highest BCUT2D eigenvalue weighted by molar-refractivity contribution is 6.30. The summed E-state index contributed by atoms with van der Waals surface area (Å²) in [5.74, 6) is 1.24. The topological polar surface area (TPSA) is 76.1 Å². The van der Waals surface area contributed by atoms with Crippen molar-refractivity contribution in [3.63, 3.8) is 0 Å². The SMILES string of the molecule is C[C@@H]1CN(c2nc(Nc3ccc(Cl)cc3)c3nccnc3n2)C[C@H](C)O1. The van der Waals surface area contributed by atoms with E-state index in [9.17, 15) is 0 Å². The number of halogens is 1. The molecule has 0 aliphatic carbocycles. The zero-order valence-corrected chi connectivity index (χ0v) is 15.3. The van der Waals surface area contributed by atoms with Crippen LogP contribution in [0.15, 0.2) is 36.7 Å². The van der Waals surface area contributed by atoms with Gasteiger partial charge in [-0.25, -0.2) is 9.97 Å². The Bertz CT molecular complexity index is 909. The monoisotopic (exact) mass is 370 g/mol. The average molecular weight is 371 g/mol. The maximum atomic E-state index is 5.97. The fourth-order valence-corrected chi connectivity index (χ4v) is 3.22. The molecule has 7 nitrogen and oxygen atoms in total. The van der Waals surface area contributed by atoms with E-state index in [-0.39, 0.29) is 12.2 Å². The van der Waals surface area contributed by atoms with Gasteiger partial charge >= 0.3 is 0 Å². The molecule has 26 heavy (non-hydrogen) atoms.